The van der Waals surface area contributed by atoms with Crippen LogP contribution in [0.1, 0.15) is 76.8 Å². The Bertz CT molecular complexity index is 1210. The molecule has 0 aliphatic carbocycles. The van der Waals surface area contributed by atoms with E-state index in [1.807, 2.05) is 19.1 Å². The van der Waals surface area contributed by atoms with Crippen LogP contribution in [0.2, 0.25) is 0 Å². The number of hydrogen-bond acceptors (Lipinski definition) is 6. The molecule has 8 heteroatoms. The highest BCUT2D eigenvalue weighted by molar-refractivity contribution is 8.26. The number of hydrogen-bond donors (Lipinski definition) is 0. The third kappa shape index (κ3) is 5.86. The number of amides is 1. The van der Waals surface area contributed by atoms with Crippen LogP contribution in [0.4, 0.5) is 5.82 Å². The summed E-state index contributed by atoms with van der Waals surface area (Å²) >= 11 is 6.86. The quantitative estimate of drug-likeness (QED) is 0.225. The molecule has 0 unspecified atom stereocenters. The summed E-state index contributed by atoms with van der Waals surface area (Å²) < 4.78 is 2.17. The van der Waals surface area contributed by atoms with Crippen LogP contribution in [0.15, 0.2) is 28.0 Å². The van der Waals surface area contributed by atoms with Crippen molar-refractivity contribution in [3.63, 3.8) is 0 Å². The lowest BCUT2D eigenvalue weighted by Crippen LogP contribution is -2.40. The molecule has 2 aromatic rings. The number of carbonyl (C=O) groups is 1. The summed E-state index contributed by atoms with van der Waals surface area (Å²) in [6, 6.07) is 3.83. The van der Waals surface area contributed by atoms with Gasteiger partial charge in [-0.15, -0.1) is 0 Å². The molecule has 2 aliphatic rings. The standard InChI is InChI=1S/C28H38N4O2S2/c1-5-6-7-8-9-10-13-32-27(34)23(36-28(32)35)16-22-25(30-17-19(2)15-20(3)18-30)29-24-21(4)12-11-14-31(24)26(22)33/h11-12,14,16,19-20H,5-10,13,15,17-18H2,1-4H3/b23-16+/t19-,20-/m1/s1. The monoisotopic (exact) mass is 526 g/mol. The third-order valence-electron chi connectivity index (χ3n) is 7.12. The number of pyridine rings is 1. The molecule has 2 aromatic heterocycles. The van der Waals surface area contributed by atoms with Gasteiger partial charge in [0.05, 0.1) is 10.5 Å². The molecule has 194 valence electrons. The van der Waals surface area contributed by atoms with Gasteiger partial charge in [-0.1, -0.05) is 82.9 Å². The average Bonchev–Trinajstić information content (AvgIpc) is 3.10. The third-order valence-corrected chi connectivity index (χ3v) is 8.49. The lowest BCUT2D eigenvalue weighted by molar-refractivity contribution is -0.122. The second-order valence-corrected chi connectivity index (χ2v) is 12.2. The van der Waals surface area contributed by atoms with Crippen LogP contribution in [-0.2, 0) is 4.79 Å². The van der Waals surface area contributed by atoms with E-state index in [2.05, 4.69) is 25.7 Å². The van der Waals surface area contributed by atoms with Gasteiger partial charge in [-0.25, -0.2) is 4.98 Å². The zero-order valence-electron chi connectivity index (χ0n) is 22.0. The fraction of sp³-hybridized carbons (Fsp3) is 0.571. The Balaban J connectivity index is 1.66. The number of aromatic nitrogens is 2. The van der Waals surface area contributed by atoms with Crippen molar-refractivity contribution in [1.82, 2.24) is 14.3 Å². The van der Waals surface area contributed by atoms with Crippen LogP contribution >= 0.6 is 24.0 Å². The van der Waals surface area contributed by atoms with Gasteiger partial charge in [0.15, 0.2) is 0 Å². The Morgan fingerprint density at radius 1 is 1.11 bits per heavy atom. The minimum Gasteiger partial charge on any atom is -0.355 e. The van der Waals surface area contributed by atoms with Crippen LogP contribution in [0.25, 0.3) is 11.7 Å². The van der Waals surface area contributed by atoms with Gasteiger partial charge < -0.3 is 4.90 Å². The summed E-state index contributed by atoms with van der Waals surface area (Å²) in [5.41, 5.74) is 1.94. The summed E-state index contributed by atoms with van der Waals surface area (Å²) in [7, 11) is 0. The number of rotatable bonds is 9. The lowest BCUT2D eigenvalue weighted by Gasteiger charge is -2.36. The number of nitrogens with zero attached hydrogens (tertiary/aromatic N) is 4. The largest absolute Gasteiger partial charge is 0.355 e. The summed E-state index contributed by atoms with van der Waals surface area (Å²) in [5, 5.41) is 0. The van der Waals surface area contributed by atoms with E-state index >= 15 is 0 Å². The number of fused-ring (bicyclic) bond motifs is 1. The molecule has 2 aliphatic heterocycles. The topological polar surface area (TPSA) is 57.9 Å². The smallest absolute Gasteiger partial charge is 0.267 e. The molecule has 0 N–H and O–H groups in total. The number of anilines is 1. The summed E-state index contributed by atoms with van der Waals surface area (Å²) in [5.74, 6) is 1.59. The number of unbranched alkanes of at least 4 members (excludes halogenated alkanes) is 5. The van der Waals surface area contributed by atoms with Gasteiger partial charge in [0, 0.05) is 25.8 Å². The van der Waals surface area contributed by atoms with Crippen molar-refractivity contribution < 1.29 is 4.79 Å². The van der Waals surface area contributed by atoms with Crippen LogP contribution in [0, 0.1) is 18.8 Å². The van der Waals surface area contributed by atoms with Gasteiger partial charge in [0.1, 0.15) is 15.8 Å². The Kier molecular flexibility index (Phi) is 8.88. The first-order chi connectivity index (χ1) is 17.3. The van der Waals surface area contributed by atoms with Crippen LogP contribution in [0.5, 0.6) is 0 Å². The molecule has 0 saturated carbocycles. The van der Waals surface area contributed by atoms with Crippen molar-refractivity contribution in [3.8, 4) is 0 Å². The molecule has 4 heterocycles. The zero-order valence-corrected chi connectivity index (χ0v) is 23.6. The van der Waals surface area contributed by atoms with Gasteiger partial charge in [-0.3, -0.25) is 18.9 Å². The Morgan fingerprint density at radius 2 is 1.81 bits per heavy atom. The zero-order chi connectivity index (χ0) is 25.8. The van der Waals surface area contributed by atoms with E-state index in [1.165, 1.54) is 37.4 Å². The molecule has 0 radical (unpaired) electrons. The van der Waals surface area contributed by atoms with Crippen molar-refractivity contribution in [3.05, 3.63) is 44.7 Å². The van der Waals surface area contributed by atoms with E-state index < -0.39 is 0 Å². The second-order valence-electron chi connectivity index (χ2n) is 10.5. The molecule has 36 heavy (non-hydrogen) atoms. The van der Waals surface area contributed by atoms with Crippen molar-refractivity contribution in [2.24, 2.45) is 11.8 Å². The first-order valence-electron chi connectivity index (χ1n) is 13.3. The van der Waals surface area contributed by atoms with E-state index in [1.54, 1.807) is 21.6 Å². The Labute approximate surface area is 224 Å². The maximum Gasteiger partial charge on any atom is 0.267 e. The fourth-order valence-corrected chi connectivity index (χ4v) is 6.67. The number of carbonyl (C=O) groups excluding carboxylic acids is 1. The van der Waals surface area contributed by atoms with Gasteiger partial charge in [-0.2, -0.15) is 0 Å². The van der Waals surface area contributed by atoms with E-state index in [9.17, 15) is 9.59 Å². The molecule has 0 spiro atoms. The first-order valence-corrected chi connectivity index (χ1v) is 14.5. The van der Waals surface area contributed by atoms with Crippen LogP contribution in [0.3, 0.4) is 0 Å². The molecule has 6 nitrogen and oxygen atoms in total. The number of aryl methyl sites for hydroxylation is 1. The highest BCUT2D eigenvalue weighted by atomic mass is 32.2. The summed E-state index contributed by atoms with van der Waals surface area (Å²) in [6.07, 6.45) is 11.6. The molecule has 2 saturated heterocycles. The van der Waals surface area contributed by atoms with Crippen molar-refractivity contribution in [2.75, 3.05) is 24.5 Å². The predicted octanol–water partition coefficient (Wildman–Crippen LogP) is 6.05. The maximum atomic E-state index is 13.7. The van der Waals surface area contributed by atoms with Gasteiger partial charge >= 0.3 is 0 Å². The van der Waals surface area contributed by atoms with Crippen LogP contribution in [-0.4, -0.2) is 44.1 Å². The van der Waals surface area contributed by atoms with E-state index in [0.717, 1.165) is 37.9 Å². The number of thiocarbonyl (C=S) groups is 1. The Morgan fingerprint density at radius 3 is 2.53 bits per heavy atom. The molecule has 1 amide bonds. The van der Waals surface area contributed by atoms with Gasteiger partial charge in [0.25, 0.3) is 11.5 Å². The predicted molar refractivity (Wildman–Crippen MR) is 155 cm³/mol. The van der Waals surface area contributed by atoms with Crippen molar-refractivity contribution >= 4 is 51.7 Å². The molecule has 2 fully saturated rings. The normalized spacial score (nSPS) is 21.8. The summed E-state index contributed by atoms with van der Waals surface area (Å²) in [4.78, 5) is 36.5. The molecule has 0 bridgehead atoms. The van der Waals surface area contributed by atoms with Gasteiger partial charge in [0.2, 0.25) is 0 Å². The average molecular weight is 527 g/mol. The van der Waals surface area contributed by atoms with Crippen molar-refractivity contribution in [1.29, 1.82) is 0 Å². The number of piperidine rings is 1. The second kappa shape index (κ2) is 11.9. The first kappa shape index (κ1) is 26.9. The highest BCUT2D eigenvalue weighted by Gasteiger charge is 2.33. The Hall–Kier alpha value is -2.19. The summed E-state index contributed by atoms with van der Waals surface area (Å²) in [6.45, 7) is 11.0. The van der Waals surface area contributed by atoms with E-state index in [0.29, 0.717) is 44.6 Å². The molecular formula is C28H38N4O2S2. The minimum absolute atomic E-state index is 0.0985. The molecule has 2 atom stereocenters. The van der Waals surface area contributed by atoms with Crippen LogP contribution < -0.4 is 10.5 Å². The SMILES string of the molecule is CCCCCCCCN1C(=O)/C(=C\c2c(N3C[C@H](C)C[C@@H](C)C3)nc3c(C)cccn3c2=O)SC1=S. The van der Waals surface area contributed by atoms with E-state index in [-0.39, 0.29) is 11.5 Å². The van der Waals surface area contributed by atoms with Gasteiger partial charge in [-0.05, 0) is 49.3 Å². The minimum atomic E-state index is -0.147. The maximum absolute atomic E-state index is 13.7. The fourth-order valence-electron chi connectivity index (χ4n) is 5.38. The van der Waals surface area contributed by atoms with Crippen molar-refractivity contribution in [2.45, 2.75) is 72.6 Å². The highest BCUT2D eigenvalue weighted by Crippen LogP contribution is 2.35. The molecule has 4 rings (SSSR count). The van der Waals surface area contributed by atoms with E-state index in [4.69, 9.17) is 17.2 Å². The molecular weight excluding hydrogens is 488 g/mol. The lowest BCUT2D eigenvalue weighted by atomic mass is 9.91. The number of thioether (sulfide) groups is 1. The molecule has 0 aromatic carbocycles.